The van der Waals surface area contributed by atoms with E-state index in [1.165, 1.54) is 0 Å². The predicted molar refractivity (Wildman–Crippen MR) is 96.8 cm³/mol. The van der Waals surface area contributed by atoms with Crippen LogP contribution in [0.1, 0.15) is 28.6 Å². The monoisotopic (exact) mass is 343 g/mol. The summed E-state index contributed by atoms with van der Waals surface area (Å²) < 4.78 is 26.5. The Morgan fingerprint density at radius 1 is 1.52 bits per heavy atom. The first kappa shape index (κ1) is 13.3. The topological polar surface area (TPSA) is 65.4 Å². The lowest BCUT2D eigenvalue weighted by molar-refractivity contribution is -0.929. The molecule has 1 aromatic carbocycles. The number of methoxy groups -OCH3 is 1. The van der Waals surface area contributed by atoms with Crippen molar-refractivity contribution in [2.24, 2.45) is 11.8 Å². The third-order valence-corrected chi connectivity index (χ3v) is 6.00. The third-order valence-electron chi connectivity index (χ3n) is 6.00. The van der Waals surface area contributed by atoms with Crippen LogP contribution in [0.4, 0.5) is 0 Å². The number of fused-ring (bicyclic) bond motifs is 4. The second-order valence-corrected chi connectivity index (χ2v) is 7.24. The second kappa shape index (κ2) is 6.09. The molecule has 2 bridgehead atoms. The quantitative estimate of drug-likeness (QED) is 0.526. The molecular formula is C20H24N2O3. The van der Waals surface area contributed by atoms with Crippen molar-refractivity contribution in [1.82, 2.24) is 4.98 Å². The zero-order valence-electron chi connectivity index (χ0n) is 17.0. The van der Waals surface area contributed by atoms with Crippen molar-refractivity contribution in [3.63, 3.8) is 0 Å². The van der Waals surface area contributed by atoms with Crippen molar-refractivity contribution >= 4 is 10.9 Å². The first-order valence-corrected chi connectivity index (χ1v) is 8.66. The van der Waals surface area contributed by atoms with Gasteiger partial charge < -0.3 is 19.7 Å². The minimum atomic E-state index is -2.56. The van der Waals surface area contributed by atoms with Gasteiger partial charge in [0, 0.05) is 30.3 Å². The number of aliphatic hydroxyl groups is 1. The average Bonchev–Trinajstić information content (AvgIpc) is 2.65. The molecule has 1 N–H and O–H groups in total. The highest BCUT2D eigenvalue weighted by Gasteiger charge is 2.49. The molecule has 5 atom stereocenters. The van der Waals surface area contributed by atoms with Gasteiger partial charge in [0.05, 0.1) is 29.8 Å². The summed E-state index contributed by atoms with van der Waals surface area (Å²) in [5.41, 5.74) is 1.20. The van der Waals surface area contributed by atoms with Crippen LogP contribution in [-0.4, -0.2) is 40.9 Å². The number of hydrogen-bond acceptors (Lipinski definition) is 4. The molecule has 0 amide bonds. The van der Waals surface area contributed by atoms with Crippen molar-refractivity contribution in [3.8, 4) is 5.75 Å². The van der Waals surface area contributed by atoms with E-state index in [0.717, 1.165) is 6.42 Å². The normalized spacial score (nSPS) is 34.8. The third kappa shape index (κ3) is 2.63. The number of hydroxylamine groups is 3. The molecule has 5 rings (SSSR count). The van der Waals surface area contributed by atoms with Crippen LogP contribution in [0.5, 0.6) is 5.75 Å². The Kier molecular flexibility index (Phi) is 3.24. The first-order chi connectivity index (χ1) is 13.2. The van der Waals surface area contributed by atoms with E-state index in [0.29, 0.717) is 41.9 Å². The number of hydrogen-bond donors (Lipinski definition) is 1. The maximum absolute atomic E-state index is 13.4. The van der Waals surface area contributed by atoms with E-state index >= 15 is 0 Å². The van der Waals surface area contributed by atoms with Crippen LogP contribution in [0.2, 0.25) is 0 Å². The summed E-state index contributed by atoms with van der Waals surface area (Å²) in [6, 6.07) is 6.03. The van der Waals surface area contributed by atoms with Crippen molar-refractivity contribution in [3.05, 3.63) is 53.9 Å². The molecule has 2 aromatic rings. The molecule has 3 fully saturated rings. The zero-order chi connectivity index (χ0) is 20.1. The molecule has 3 aliphatic rings. The number of aromatic nitrogens is 1. The van der Waals surface area contributed by atoms with Gasteiger partial charge in [-0.3, -0.25) is 4.98 Å². The van der Waals surface area contributed by atoms with Crippen LogP contribution in [0.25, 0.3) is 10.9 Å². The second-order valence-electron chi connectivity index (χ2n) is 7.24. The molecule has 0 radical (unpaired) electrons. The van der Waals surface area contributed by atoms with Gasteiger partial charge >= 0.3 is 0 Å². The fourth-order valence-corrected chi connectivity index (χ4v) is 4.62. The molecule has 5 heteroatoms. The number of quaternary nitrogens is 1. The van der Waals surface area contributed by atoms with Crippen molar-refractivity contribution in [1.29, 1.82) is 0 Å². The number of piperidine rings is 3. The number of ether oxygens (including phenoxy) is 1. The summed E-state index contributed by atoms with van der Waals surface area (Å²) in [6.45, 7) is 4.82. The number of rotatable bonds is 4. The Morgan fingerprint density at radius 3 is 3.16 bits per heavy atom. The summed E-state index contributed by atoms with van der Waals surface area (Å²) in [5, 5.41) is 25.2. The van der Waals surface area contributed by atoms with Gasteiger partial charge in [-0.1, -0.05) is 6.08 Å². The smallest absolute Gasteiger partial charge is 0.132 e. The zero-order valence-corrected chi connectivity index (χ0v) is 14.0. The van der Waals surface area contributed by atoms with Crippen LogP contribution in [0.15, 0.2) is 43.1 Å². The Labute approximate surface area is 151 Å². The van der Waals surface area contributed by atoms with Crippen molar-refractivity contribution < 1.29 is 18.6 Å². The first-order valence-electron chi connectivity index (χ1n) is 10.2. The number of nitrogens with zero attached hydrogens (tertiary/aromatic N) is 2. The molecule has 0 spiro atoms. The number of benzene rings is 1. The lowest BCUT2D eigenvalue weighted by atomic mass is 9.73. The summed E-state index contributed by atoms with van der Waals surface area (Å²) >= 11 is 0. The van der Waals surface area contributed by atoms with Gasteiger partial charge in [-0.25, -0.2) is 0 Å². The summed E-state index contributed by atoms with van der Waals surface area (Å²) in [7, 11) is -2.56. The van der Waals surface area contributed by atoms with Gasteiger partial charge in [0.1, 0.15) is 17.9 Å². The van der Waals surface area contributed by atoms with Gasteiger partial charge in [0.25, 0.3) is 0 Å². The standard InChI is InChI=1S/C20H24N2O3/c1-3-13-12-22(24)9-7-14(13)10-19(22)20(23)16-6-8-21-18-5-4-15(25-2)11-17(16)18/h3-6,8,11,13-14,19-20,23H,1,7,9-10,12H2,2H3/t13-,14?,19-,20+,22?/m0/s1/i2D3. The molecule has 0 saturated carbocycles. The molecular weight excluding hydrogens is 316 g/mol. The molecule has 3 aliphatic heterocycles. The Balaban J connectivity index is 1.70. The maximum Gasteiger partial charge on any atom is 0.132 e. The molecule has 25 heavy (non-hydrogen) atoms. The minimum absolute atomic E-state index is 0.178. The maximum atomic E-state index is 13.4. The number of pyridine rings is 1. The van der Waals surface area contributed by atoms with Gasteiger partial charge in [-0.2, -0.15) is 0 Å². The largest absolute Gasteiger partial charge is 0.632 e. The lowest BCUT2D eigenvalue weighted by Gasteiger charge is -2.61. The van der Waals surface area contributed by atoms with Crippen LogP contribution < -0.4 is 4.74 Å². The Hall–Kier alpha value is -1.95. The minimum Gasteiger partial charge on any atom is -0.632 e. The molecule has 2 unspecified atom stereocenters. The van der Waals surface area contributed by atoms with E-state index in [-0.39, 0.29) is 11.7 Å². The highest BCUT2D eigenvalue weighted by Crippen LogP contribution is 2.46. The number of aliphatic hydroxyl groups excluding tert-OH is 1. The van der Waals surface area contributed by atoms with Gasteiger partial charge in [0.15, 0.2) is 0 Å². The van der Waals surface area contributed by atoms with E-state index in [2.05, 4.69) is 11.6 Å². The Bertz CT molecular complexity index is 904. The predicted octanol–water partition coefficient (Wildman–Crippen LogP) is 3.19. The molecule has 132 valence electrons. The molecule has 4 heterocycles. The van der Waals surface area contributed by atoms with Crippen LogP contribution >= 0.6 is 0 Å². The van der Waals surface area contributed by atoms with E-state index in [1.54, 1.807) is 30.5 Å². The summed E-state index contributed by atoms with van der Waals surface area (Å²) in [4.78, 5) is 4.29. The Morgan fingerprint density at radius 2 is 2.40 bits per heavy atom. The lowest BCUT2D eigenvalue weighted by Crippen LogP contribution is -2.64. The average molecular weight is 343 g/mol. The van der Waals surface area contributed by atoms with E-state index in [4.69, 9.17) is 8.85 Å². The molecule has 3 saturated heterocycles. The fourth-order valence-electron chi connectivity index (χ4n) is 4.62. The van der Waals surface area contributed by atoms with Gasteiger partial charge in [-0.15, -0.1) is 6.58 Å². The summed E-state index contributed by atoms with van der Waals surface area (Å²) in [6.07, 6.45) is 4.02. The molecule has 0 aliphatic carbocycles. The SMILES string of the molecule is [2H]C([2H])([2H])Oc1ccc2nccc([C@@H](O)[C@@H]3CC4CC[N+]3([O-])C[C@@H]4C=C)c2c1. The van der Waals surface area contributed by atoms with E-state index in [1.807, 2.05) is 6.08 Å². The van der Waals surface area contributed by atoms with Gasteiger partial charge in [0.2, 0.25) is 0 Å². The van der Waals surface area contributed by atoms with Gasteiger partial charge in [-0.05, 0) is 35.7 Å². The van der Waals surface area contributed by atoms with E-state index in [9.17, 15) is 10.3 Å². The molecule has 5 nitrogen and oxygen atoms in total. The van der Waals surface area contributed by atoms with Crippen molar-refractivity contribution in [2.45, 2.75) is 25.0 Å². The van der Waals surface area contributed by atoms with E-state index < -0.39 is 23.8 Å². The highest BCUT2D eigenvalue weighted by molar-refractivity contribution is 5.83. The highest BCUT2D eigenvalue weighted by atomic mass is 16.6. The molecule has 1 aromatic heterocycles. The van der Waals surface area contributed by atoms with Crippen LogP contribution in [-0.2, 0) is 0 Å². The van der Waals surface area contributed by atoms with Crippen LogP contribution in [0, 0.1) is 17.0 Å². The summed E-state index contributed by atoms with van der Waals surface area (Å²) in [5.74, 6) is 0.744. The van der Waals surface area contributed by atoms with Crippen LogP contribution in [0.3, 0.4) is 0 Å². The van der Waals surface area contributed by atoms with Crippen molar-refractivity contribution in [2.75, 3.05) is 20.1 Å². The fraction of sp³-hybridized carbons (Fsp3) is 0.450.